The first kappa shape index (κ1) is 29.5. The van der Waals surface area contributed by atoms with Crippen LogP contribution in [0, 0.1) is 36.5 Å². The van der Waals surface area contributed by atoms with Crippen molar-refractivity contribution in [2.75, 3.05) is 0 Å². The van der Waals surface area contributed by atoms with Gasteiger partial charge < -0.3 is 19.7 Å². The third-order valence-electron chi connectivity index (χ3n) is 8.09. The third kappa shape index (κ3) is 7.08. The lowest BCUT2D eigenvalue weighted by molar-refractivity contribution is -0.154. The van der Waals surface area contributed by atoms with E-state index in [1.54, 1.807) is 25.2 Å². The molecule has 2 aliphatic heterocycles. The Balaban J connectivity index is 1.89. The summed E-state index contributed by atoms with van der Waals surface area (Å²) in [5.41, 5.74) is 0.0174. The van der Waals surface area contributed by atoms with Crippen LogP contribution in [-0.4, -0.2) is 57.0 Å². The molecule has 7 nitrogen and oxygen atoms in total. The van der Waals surface area contributed by atoms with E-state index < -0.39 is 35.6 Å². The normalized spacial score (nSPS) is 35.8. The molecule has 37 heavy (non-hydrogen) atoms. The van der Waals surface area contributed by atoms with Gasteiger partial charge in [0.15, 0.2) is 0 Å². The highest BCUT2D eigenvalue weighted by atomic mass is 32.1. The molecule has 0 aromatic carbocycles. The second-order valence-electron chi connectivity index (χ2n) is 11.5. The number of ether oxygens (including phenoxy) is 2. The van der Waals surface area contributed by atoms with Crippen LogP contribution in [-0.2, 0) is 19.1 Å². The molecule has 8 heteroatoms. The zero-order chi connectivity index (χ0) is 27.5. The van der Waals surface area contributed by atoms with Crippen LogP contribution in [0.4, 0.5) is 0 Å². The van der Waals surface area contributed by atoms with Gasteiger partial charge in [-0.1, -0.05) is 27.2 Å². The lowest BCUT2D eigenvalue weighted by atomic mass is 9.71. The van der Waals surface area contributed by atoms with Gasteiger partial charge in [-0.3, -0.25) is 9.59 Å². The van der Waals surface area contributed by atoms with E-state index in [1.807, 2.05) is 32.2 Å². The number of carbonyl (C=O) groups is 2. The maximum absolute atomic E-state index is 13.5. The molecule has 2 fully saturated rings. The van der Waals surface area contributed by atoms with Gasteiger partial charge in [0, 0.05) is 18.2 Å². The summed E-state index contributed by atoms with van der Waals surface area (Å²) in [6.45, 7) is 11.0. The molecule has 0 amide bonds. The van der Waals surface area contributed by atoms with Crippen molar-refractivity contribution in [3.8, 4) is 12.3 Å². The molecule has 204 valence electrons. The van der Waals surface area contributed by atoms with Gasteiger partial charge in [-0.2, -0.15) is 0 Å². The number of hydrogen-bond acceptors (Lipinski definition) is 8. The largest absolute Gasteiger partial charge is 0.458 e. The number of rotatable bonds is 3. The standard InChI is InChI=1S/C29H41NO6S/c1-8-10-21-26(33)17(2)11-9-12-29(7)24(36-29)14-22(18(3)13-20-16-37-19(4)30-20)35-25(32)15-23(31)28(5,6)27(21)34/h1,13,16-17,21-24,26,31,33H,9-12,14-15H2,2-7H3/t17-,21+,22-,23-,24-,26-,29+/m0/s1. The molecule has 0 unspecified atom stereocenters. The lowest BCUT2D eigenvalue weighted by Gasteiger charge is -2.35. The summed E-state index contributed by atoms with van der Waals surface area (Å²) in [7, 11) is 0. The third-order valence-corrected chi connectivity index (χ3v) is 8.88. The average Bonchev–Trinajstić information content (AvgIpc) is 3.27. The molecule has 2 saturated heterocycles. The van der Waals surface area contributed by atoms with Crippen LogP contribution in [0.3, 0.4) is 0 Å². The minimum absolute atomic E-state index is 0.0655. The number of epoxide rings is 1. The summed E-state index contributed by atoms with van der Waals surface area (Å²) in [6, 6.07) is 0. The van der Waals surface area contributed by atoms with Crippen molar-refractivity contribution in [2.24, 2.45) is 17.3 Å². The molecule has 0 aliphatic carbocycles. The molecule has 0 spiro atoms. The molecule has 1 aromatic rings. The van der Waals surface area contributed by atoms with Crippen LogP contribution in [0.25, 0.3) is 6.08 Å². The molecule has 1 aromatic heterocycles. The number of aryl methyl sites for hydroxylation is 1. The first-order chi connectivity index (χ1) is 17.3. The number of hydrogen-bond donors (Lipinski definition) is 2. The van der Waals surface area contributed by atoms with Gasteiger partial charge >= 0.3 is 5.97 Å². The molecule has 2 aliphatic rings. The van der Waals surface area contributed by atoms with Gasteiger partial charge in [-0.05, 0) is 51.2 Å². The molecule has 3 rings (SSSR count). The Morgan fingerprint density at radius 2 is 2.03 bits per heavy atom. The molecule has 7 atom stereocenters. The van der Waals surface area contributed by atoms with Crippen molar-refractivity contribution in [1.82, 2.24) is 4.98 Å². The monoisotopic (exact) mass is 531 g/mol. The Bertz CT molecular complexity index is 1060. The number of Topliss-reactive ketones (excluding diaryl/α,β-unsaturated/α-hetero) is 1. The quantitative estimate of drug-likeness (QED) is 0.336. The minimum atomic E-state index is -1.30. The summed E-state index contributed by atoms with van der Waals surface area (Å²) in [5, 5.41) is 24.9. The van der Waals surface area contributed by atoms with Crippen molar-refractivity contribution in [2.45, 2.75) is 110 Å². The second-order valence-corrected chi connectivity index (χ2v) is 12.6. The first-order valence-corrected chi connectivity index (χ1v) is 14.0. The number of ketones is 1. The number of esters is 1. The molecule has 3 heterocycles. The summed E-state index contributed by atoms with van der Waals surface area (Å²) in [4.78, 5) is 31.0. The summed E-state index contributed by atoms with van der Waals surface area (Å²) < 4.78 is 11.9. The number of terminal acetylenes is 1. The van der Waals surface area contributed by atoms with Crippen molar-refractivity contribution in [1.29, 1.82) is 0 Å². The van der Waals surface area contributed by atoms with Gasteiger partial charge in [-0.15, -0.1) is 23.7 Å². The number of thiazole rings is 1. The van der Waals surface area contributed by atoms with Crippen molar-refractivity contribution < 1.29 is 29.3 Å². The summed E-state index contributed by atoms with van der Waals surface area (Å²) in [5.74, 6) is 0.578. The van der Waals surface area contributed by atoms with Gasteiger partial charge in [0.1, 0.15) is 11.9 Å². The highest BCUT2D eigenvalue weighted by Gasteiger charge is 2.53. The van der Waals surface area contributed by atoms with Gasteiger partial charge in [0.05, 0.1) is 52.4 Å². The Morgan fingerprint density at radius 1 is 1.32 bits per heavy atom. The molecule has 0 saturated carbocycles. The smallest absolute Gasteiger partial charge is 0.309 e. The number of fused-ring (bicyclic) bond motifs is 1. The van der Waals surface area contributed by atoms with E-state index >= 15 is 0 Å². The fourth-order valence-electron chi connectivity index (χ4n) is 5.20. The highest BCUT2D eigenvalue weighted by Crippen LogP contribution is 2.45. The van der Waals surface area contributed by atoms with E-state index in [0.29, 0.717) is 12.8 Å². The predicted octanol–water partition coefficient (Wildman–Crippen LogP) is 4.48. The number of cyclic esters (lactones) is 1. The second kappa shape index (κ2) is 11.8. The molecular formula is C29H41NO6S. The first-order valence-electron chi connectivity index (χ1n) is 13.1. The SMILES string of the molecule is C#CC[C@H]1C(=O)C(C)(C)[C@@H](O)CC(=O)O[C@H](C(C)=Cc2csc(C)n2)C[C@@H]2O[C@]2(C)CCC[C@H](C)[C@@H]1O. The van der Waals surface area contributed by atoms with Crippen molar-refractivity contribution in [3.63, 3.8) is 0 Å². The van der Waals surface area contributed by atoms with Crippen LogP contribution in [0.2, 0.25) is 0 Å². The van der Waals surface area contributed by atoms with Crippen molar-refractivity contribution >= 4 is 29.2 Å². The van der Waals surface area contributed by atoms with Crippen LogP contribution in [0.15, 0.2) is 11.0 Å². The van der Waals surface area contributed by atoms with E-state index in [9.17, 15) is 19.8 Å². The lowest BCUT2D eigenvalue weighted by Crippen LogP contribution is -2.46. The average molecular weight is 532 g/mol. The maximum Gasteiger partial charge on any atom is 0.309 e. The summed E-state index contributed by atoms with van der Waals surface area (Å²) >= 11 is 1.55. The Labute approximate surface area is 224 Å². The number of aliphatic hydroxyl groups is 2. The van der Waals surface area contributed by atoms with E-state index in [0.717, 1.165) is 29.1 Å². The van der Waals surface area contributed by atoms with E-state index in [1.165, 1.54) is 0 Å². The van der Waals surface area contributed by atoms with Crippen LogP contribution >= 0.6 is 11.3 Å². The van der Waals surface area contributed by atoms with E-state index in [-0.39, 0.29) is 36.2 Å². The number of aliphatic hydroxyl groups excluding tert-OH is 2. The zero-order valence-corrected chi connectivity index (χ0v) is 23.6. The maximum atomic E-state index is 13.5. The predicted molar refractivity (Wildman–Crippen MR) is 144 cm³/mol. The highest BCUT2D eigenvalue weighted by molar-refractivity contribution is 7.09. The van der Waals surface area contributed by atoms with Crippen molar-refractivity contribution in [3.05, 3.63) is 21.7 Å². The van der Waals surface area contributed by atoms with Gasteiger partial charge in [0.25, 0.3) is 0 Å². The fraction of sp³-hybridized carbons (Fsp3) is 0.690. The van der Waals surface area contributed by atoms with Crippen LogP contribution in [0.1, 0.15) is 83.8 Å². The number of aromatic nitrogens is 1. The molecular weight excluding hydrogens is 490 g/mol. The zero-order valence-electron chi connectivity index (χ0n) is 22.8. The fourth-order valence-corrected chi connectivity index (χ4v) is 5.77. The van der Waals surface area contributed by atoms with Crippen LogP contribution in [0.5, 0.6) is 0 Å². The van der Waals surface area contributed by atoms with Gasteiger partial charge in [0.2, 0.25) is 0 Å². The van der Waals surface area contributed by atoms with Crippen LogP contribution < -0.4 is 0 Å². The van der Waals surface area contributed by atoms with Gasteiger partial charge in [-0.25, -0.2) is 4.98 Å². The number of nitrogens with zero attached hydrogens (tertiary/aromatic N) is 1. The molecule has 0 radical (unpaired) electrons. The Kier molecular flexibility index (Phi) is 9.39. The van der Waals surface area contributed by atoms with E-state index in [2.05, 4.69) is 17.8 Å². The molecule has 2 N–H and O–H groups in total. The minimum Gasteiger partial charge on any atom is -0.458 e. The number of carbonyl (C=O) groups excluding carboxylic acids is 2. The Hall–Kier alpha value is -2.05. The summed E-state index contributed by atoms with van der Waals surface area (Å²) in [6.07, 6.45) is 7.13. The topological polar surface area (TPSA) is 109 Å². The van der Waals surface area contributed by atoms with E-state index in [4.69, 9.17) is 15.9 Å². The Morgan fingerprint density at radius 3 is 2.65 bits per heavy atom. The molecule has 0 bridgehead atoms.